The van der Waals surface area contributed by atoms with E-state index in [2.05, 4.69) is 32.4 Å². The fourth-order valence-electron chi connectivity index (χ4n) is 7.51. The van der Waals surface area contributed by atoms with Gasteiger partial charge < -0.3 is 25.5 Å². The third-order valence-electron chi connectivity index (χ3n) is 10.8. The summed E-state index contributed by atoms with van der Waals surface area (Å²) in [7, 11) is -3.88. The Labute approximate surface area is 309 Å². The summed E-state index contributed by atoms with van der Waals surface area (Å²) in [6.07, 6.45) is 5.66. The SMILES string of the molecule is C=C[C@@H]1C[C@]1(NC(=O)[C@@H]1C[C@@H]2C[C@H]1C(=O)N[C@H](C(C)(C)C)C(=O)NC/C=C/COc1ccc3c(c1)/C(=N\O2)c1ccccc1-3)C(=O)NS(=O)(=O)C1CC1. The van der Waals surface area contributed by atoms with Crippen LogP contribution in [0.2, 0.25) is 0 Å². The summed E-state index contributed by atoms with van der Waals surface area (Å²) >= 11 is 0. The summed E-state index contributed by atoms with van der Waals surface area (Å²) in [5.74, 6) is -4.17. The fourth-order valence-corrected chi connectivity index (χ4v) is 8.87. The standard InChI is InChI=1S/C39H45N5O8S/c1-5-22-21-39(22,37(48)44-53(49,50)25-13-14-25)42-35(46)31-20-24-19-30(31)34(45)41-33(38(2,3)4)36(47)40-16-8-9-17-51-23-12-15-27-26-10-6-7-11-28(26)32(43-52-24)29(27)18-23/h5-12,15,18,22,24-25,30-31,33H,1,13-14,16-17,19-21H2,2-4H3,(H,40,47)(H,41,45)(H,42,46)(H,44,48)/b9-8+,43-32-/t22-,24+,30-,31-,33+,39-/m1/s1. The van der Waals surface area contributed by atoms with Crippen molar-refractivity contribution in [3.8, 4) is 16.9 Å². The van der Waals surface area contributed by atoms with Gasteiger partial charge in [0.05, 0.1) is 17.1 Å². The number of nitrogens with zero attached hydrogens (tertiary/aromatic N) is 1. The van der Waals surface area contributed by atoms with Crippen LogP contribution in [-0.2, 0) is 34.0 Å². The molecule has 7 rings (SSSR count). The first kappa shape index (κ1) is 36.4. The Morgan fingerprint density at radius 2 is 1.74 bits per heavy atom. The largest absolute Gasteiger partial charge is 0.490 e. The van der Waals surface area contributed by atoms with E-state index in [0.717, 1.165) is 22.3 Å². The van der Waals surface area contributed by atoms with Crippen LogP contribution >= 0.6 is 0 Å². The van der Waals surface area contributed by atoms with Crippen LogP contribution in [0.4, 0.5) is 0 Å². The van der Waals surface area contributed by atoms with Gasteiger partial charge in [-0.15, -0.1) is 6.58 Å². The zero-order chi connectivity index (χ0) is 37.7. The minimum Gasteiger partial charge on any atom is -0.490 e. The zero-order valence-corrected chi connectivity index (χ0v) is 30.8. The molecular formula is C39H45N5O8S. The molecule has 0 radical (unpaired) electrons. The van der Waals surface area contributed by atoms with Crippen LogP contribution in [0.5, 0.6) is 5.75 Å². The normalized spacial score (nSPS) is 29.9. The molecule has 1 heterocycles. The Balaban J connectivity index is 1.21. The van der Waals surface area contributed by atoms with E-state index in [1.54, 1.807) is 12.2 Å². The summed E-state index contributed by atoms with van der Waals surface area (Å²) in [6, 6.07) is 12.6. The second-order valence-corrected chi connectivity index (χ2v) is 17.6. The van der Waals surface area contributed by atoms with Crippen LogP contribution in [0.1, 0.15) is 64.0 Å². The molecule has 2 aromatic carbocycles. The van der Waals surface area contributed by atoms with E-state index in [1.807, 2.05) is 63.2 Å². The number of carbonyl (C=O) groups excluding carboxylic acids is 4. The zero-order valence-electron chi connectivity index (χ0n) is 30.0. The third kappa shape index (κ3) is 7.20. The van der Waals surface area contributed by atoms with Crippen molar-refractivity contribution in [2.75, 3.05) is 13.2 Å². The topological polar surface area (TPSA) is 181 Å². The summed E-state index contributed by atoms with van der Waals surface area (Å²) in [5, 5.41) is 12.6. The van der Waals surface area contributed by atoms with Crippen LogP contribution in [-0.4, -0.2) is 73.8 Å². The molecule has 14 heteroatoms. The van der Waals surface area contributed by atoms with Crippen molar-refractivity contribution in [3.05, 3.63) is 78.4 Å². The molecule has 280 valence electrons. The number of fused-ring (bicyclic) bond motifs is 6. The van der Waals surface area contributed by atoms with Gasteiger partial charge in [0.25, 0.3) is 5.91 Å². The van der Waals surface area contributed by atoms with Crippen molar-refractivity contribution in [3.63, 3.8) is 0 Å². The third-order valence-corrected chi connectivity index (χ3v) is 12.6. The minimum atomic E-state index is -3.88. The van der Waals surface area contributed by atoms with Crippen LogP contribution in [0.3, 0.4) is 0 Å². The lowest BCUT2D eigenvalue weighted by Crippen LogP contribution is -2.56. The second kappa shape index (κ2) is 13.8. The lowest BCUT2D eigenvalue weighted by molar-refractivity contribution is -0.138. The highest BCUT2D eigenvalue weighted by atomic mass is 32.2. The van der Waals surface area contributed by atoms with Crippen LogP contribution in [0.25, 0.3) is 11.1 Å². The molecule has 3 saturated carbocycles. The van der Waals surface area contributed by atoms with Crippen molar-refractivity contribution >= 4 is 39.4 Å². The van der Waals surface area contributed by atoms with E-state index in [-0.39, 0.29) is 32.4 Å². The van der Waals surface area contributed by atoms with Crippen LogP contribution < -0.4 is 25.4 Å². The van der Waals surface area contributed by atoms with Crippen LogP contribution in [0, 0.1) is 23.2 Å². The summed E-state index contributed by atoms with van der Waals surface area (Å²) < 4.78 is 33.5. The molecule has 53 heavy (non-hydrogen) atoms. The maximum atomic E-state index is 14.2. The Morgan fingerprint density at radius 1 is 1.00 bits per heavy atom. The first-order chi connectivity index (χ1) is 25.2. The Kier molecular flexibility index (Phi) is 9.46. The molecule has 0 unspecified atom stereocenters. The molecule has 3 fully saturated rings. The monoisotopic (exact) mass is 743 g/mol. The molecule has 5 aliphatic rings. The highest BCUT2D eigenvalue weighted by Crippen LogP contribution is 2.47. The number of hydrogen-bond acceptors (Lipinski definition) is 9. The van der Waals surface area contributed by atoms with Gasteiger partial charge in [0.1, 0.15) is 35.8 Å². The van der Waals surface area contributed by atoms with E-state index >= 15 is 0 Å². The van der Waals surface area contributed by atoms with E-state index in [1.165, 1.54) is 6.08 Å². The van der Waals surface area contributed by atoms with Crippen molar-refractivity contribution < 1.29 is 37.2 Å². The lowest BCUT2D eigenvalue weighted by atomic mass is 9.85. The van der Waals surface area contributed by atoms with Gasteiger partial charge in [-0.2, -0.15) is 0 Å². The molecular weight excluding hydrogens is 699 g/mol. The average molecular weight is 744 g/mol. The van der Waals surface area contributed by atoms with Gasteiger partial charge >= 0.3 is 0 Å². The average Bonchev–Trinajstić information content (AvgIpc) is 4.03. The smallest absolute Gasteiger partial charge is 0.259 e. The fraction of sp³-hybridized carbons (Fsp3) is 0.462. The maximum Gasteiger partial charge on any atom is 0.259 e. The summed E-state index contributed by atoms with van der Waals surface area (Å²) in [6.45, 7) is 9.75. The Hall–Kier alpha value is -4.98. The molecule has 4 aliphatic carbocycles. The van der Waals surface area contributed by atoms with Gasteiger partial charge in [-0.3, -0.25) is 23.9 Å². The predicted molar refractivity (Wildman–Crippen MR) is 197 cm³/mol. The van der Waals surface area contributed by atoms with Gasteiger partial charge in [0, 0.05) is 23.6 Å². The highest BCUT2D eigenvalue weighted by Gasteiger charge is 2.62. The van der Waals surface area contributed by atoms with Gasteiger partial charge in [0.15, 0.2) is 0 Å². The van der Waals surface area contributed by atoms with E-state index in [4.69, 9.17) is 9.57 Å². The number of carbonyl (C=O) groups is 4. The molecule has 0 aromatic heterocycles. The molecule has 6 atom stereocenters. The van der Waals surface area contributed by atoms with Crippen molar-refractivity contribution in [1.29, 1.82) is 0 Å². The number of ether oxygens (including phenoxy) is 1. The Bertz CT molecular complexity index is 2030. The number of rotatable bonds is 6. The molecule has 0 saturated heterocycles. The number of oxime groups is 1. The van der Waals surface area contributed by atoms with E-state index < -0.39 is 79.8 Å². The first-order valence-electron chi connectivity index (χ1n) is 18.1. The van der Waals surface area contributed by atoms with E-state index in [9.17, 15) is 27.6 Å². The number of amides is 4. The Morgan fingerprint density at radius 3 is 2.43 bits per heavy atom. The quantitative estimate of drug-likeness (QED) is 0.278. The van der Waals surface area contributed by atoms with Crippen molar-refractivity contribution in [2.45, 2.75) is 75.8 Å². The number of sulfonamides is 1. The molecule has 4 bridgehead atoms. The summed E-state index contributed by atoms with van der Waals surface area (Å²) in [4.78, 5) is 61.5. The highest BCUT2D eigenvalue weighted by molar-refractivity contribution is 7.91. The minimum absolute atomic E-state index is 0.0758. The van der Waals surface area contributed by atoms with Gasteiger partial charge in [-0.25, -0.2) is 8.42 Å². The van der Waals surface area contributed by atoms with Crippen molar-refractivity contribution in [1.82, 2.24) is 20.7 Å². The van der Waals surface area contributed by atoms with Gasteiger partial charge in [0.2, 0.25) is 27.7 Å². The molecule has 0 spiro atoms. The molecule has 1 aliphatic heterocycles. The van der Waals surface area contributed by atoms with Gasteiger partial charge in [-0.1, -0.05) is 62.3 Å². The first-order valence-corrected chi connectivity index (χ1v) is 19.6. The number of nitrogens with one attached hydrogen (secondary N) is 4. The maximum absolute atomic E-state index is 14.2. The lowest BCUT2D eigenvalue weighted by Gasteiger charge is -2.32. The predicted octanol–water partition coefficient (Wildman–Crippen LogP) is 3.10. The van der Waals surface area contributed by atoms with Gasteiger partial charge in [-0.05, 0) is 72.9 Å². The number of hydrogen-bond donors (Lipinski definition) is 4. The van der Waals surface area contributed by atoms with Crippen molar-refractivity contribution in [2.24, 2.45) is 28.3 Å². The molecule has 4 amide bonds. The molecule has 13 nitrogen and oxygen atoms in total. The summed E-state index contributed by atoms with van der Waals surface area (Å²) in [5.41, 5.74) is 1.99. The molecule has 2 aromatic rings. The van der Waals surface area contributed by atoms with Crippen LogP contribution in [0.15, 0.2) is 72.4 Å². The second-order valence-electron chi connectivity index (χ2n) is 15.6. The molecule has 4 N–H and O–H groups in total. The number of benzene rings is 2. The van der Waals surface area contributed by atoms with E-state index in [0.29, 0.717) is 24.3 Å².